The molecular weight excluding hydrogens is 274 g/mol. The van der Waals surface area contributed by atoms with Crippen LogP contribution in [0.3, 0.4) is 0 Å². The molecule has 2 saturated carbocycles. The van der Waals surface area contributed by atoms with Gasteiger partial charge in [0.25, 0.3) is 0 Å². The van der Waals surface area contributed by atoms with Gasteiger partial charge in [-0.25, -0.2) is 4.90 Å². The summed E-state index contributed by atoms with van der Waals surface area (Å²) >= 11 is 1.31. The van der Waals surface area contributed by atoms with Crippen LogP contribution in [0.1, 0.15) is 11.4 Å². The monoisotopic (exact) mass is 287 g/mol. The van der Waals surface area contributed by atoms with Crippen molar-refractivity contribution in [2.75, 3.05) is 4.90 Å². The van der Waals surface area contributed by atoms with Gasteiger partial charge in [0.1, 0.15) is 5.01 Å². The number of hydrogen-bond donors (Lipinski definition) is 0. The fourth-order valence-corrected chi connectivity index (χ4v) is 5.22. The minimum Gasteiger partial charge on any atom is -0.274 e. The zero-order valence-corrected chi connectivity index (χ0v) is 11.7. The van der Waals surface area contributed by atoms with E-state index in [1.807, 2.05) is 6.92 Å². The maximum absolute atomic E-state index is 12.7. The number of aryl methyl sites for hydroxylation is 1. The fraction of sp³-hybridized carbons (Fsp3) is 0.571. The summed E-state index contributed by atoms with van der Waals surface area (Å²) in [6.45, 7) is 1.83. The van der Waals surface area contributed by atoms with Gasteiger partial charge in [-0.05, 0) is 37.0 Å². The van der Waals surface area contributed by atoms with Crippen LogP contribution in [0.5, 0.6) is 0 Å². The minimum atomic E-state index is -0.148. The molecule has 2 heterocycles. The molecule has 6 rings (SSSR count). The third-order valence-corrected chi connectivity index (χ3v) is 6.19. The van der Waals surface area contributed by atoms with Gasteiger partial charge in [0, 0.05) is 0 Å². The highest BCUT2D eigenvalue weighted by molar-refractivity contribution is 7.15. The second-order valence-corrected chi connectivity index (χ2v) is 7.43. The predicted octanol–water partition coefficient (Wildman–Crippen LogP) is 1.40. The van der Waals surface area contributed by atoms with Gasteiger partial charge in [0.05, 0.1) is 11.8 Å². The Morgan fingerprint density at radius 2 is 1.70 bits per heavy atom. The summed E-state index contributed by atoms with van der Waals surface area (Å²) in [5, 5.41) is 9.14. The molecule has 1 aromatic rings. The molecule has 6 atom stereocenters. The van der Waals surface area contributed by atoms with Crippen LogP contribution in [0.4, 0.5) is 5.13 Å². The first-order valence-electron chi connectivity index (χ1n) is 7.03. The Bertz CT molecular complexity index is 646. The Hall–Kier alpha value is -1.56. The van der Waals surface area contributed by atoms with Gasteiger partial charge in [0.15, 0.2) is 0 Å². The van der Waals surface area contributed by atoms with Crippen LogP contribution in [0.25, 0.3) is 0 Å². The minimum absolute atomic E-state index is 0.0548. The van der Waals surface area contributed by atoms with E-state index in [0.717, 1.165) is 5.01 Å². The van der Waals surface area contributed by atoms with E-state index >= 15 is 0 Å². The van der Waals surface area contributed by atoms with Crippen LogP contribution in [-0.2, 0) is 9.59 Å². The van der Waals surface area contributed by atoms with Gasteiger partial charge < -0.3 is 0 Å². The number of amides is 2. The molecule has 0 aromatic carbocycles. The smallest absolute Gasteiger partial charge is 0.240 e. The molecule has 5 aliphatic rings. The number of aromatic nitrogens is 2. The highest BCUT2D eigenvalue weighted by Crippen LogP contribution is 2.65. The number of anilines is 1. The van der Waals surface area contributed by atoms with E-state index < -0.39 is 0 Å². The standard InChI is InChI=1S/C14H13N3O2S/c1-5-15-16-14(20-5)17-12(18)10-6-2-3-7(9-4-8(6)9)11(10)13(17)19/h2-3,6-11H,4H2,1H3/t6-,7-,8-,9+,10-,11+/m1/s1. The van der Waals surface area contributed by atoms with Gasteiger partial charge >= 0.3 is 0 Å². The lowest BCUT2D eigenvalue weighted by atomic mass is 9.63. The third-order valence-electron chi connectivity index (χ3n) is 5.37. The topological polar surface area (TPSA) is 63.2 Å². The van der Waals surface area contributed by atoms with Gasteiger partial charge in [-0.15, -0.1) is 10.2 Å². The Labute approximate surface area is 119 Å². The van der Waals surface area contributed by atoms with Crippen LogP contribution in [0.15, 0.2) is 12.2 Å². The van der Waals surface area contributed by atoms with E-state index in [1.165, 1.54) is 22.7 Å². The van der Waals surface area contributed by atoms with Crippen molar-refractivity contribution < 1.29 is 9.59 Å². The highest BCUT2D eigenvalue weighted by Gasteiger charge is 2.67. The predicted molar refractivity (Wildman–Crippen MR) is 71.8 cm³/mol. The lowest BCUT2D eigenvalue weighted by Gasteiger charge is -2.37. The summed E-state index contributed by atoms with van der Waals surface area (Å²) in [6, 6.07) is 0. The number of rotatable bonds is 1. The van der Waals surface area contributed by atoms with Crippen molar-refractivity contribution in [3.8, 4) is 0 Å². The number of allylic oxidation sites excluding steroid dienone is 2. The lowest BCUT2D eigenvalue weighted by molar-refractivity contribution is -0.124. The van der Waals surface area contributed by atoms with Crippen molar-refractivity contribution >= 4 is 28.3 Å². The first-order chi connectivity index (χ1) is 9.66. The van der Waals surface area contributed by atoms with E-state index in [2.05, 4.69) is 22.3 Å². The normalized spacial score (nSPS) is 44.0. The fourth-order valence-electron chi connectivity index (χ4n) is 4.52. The molecule has 0 N–H and O–H groups in total. The molecule has 6 heteroatoms. The van der Waals surface area contributed by atoms with Crippen molar-refractivity contribution in [3.05, 3.63) is 17.2 Å². The summed E-state index contributed by atoms with van der Waals surface area (Å²) in [5.74, 6) is 1.41. The lowest BCUT2D eigenvalue weighted by Crippen LogP contribution is -2.40. The Morgan fingerprint density at radius 3 is 2.20 bits per heavy atom. The molecule has 4 aliphatic carbocycles. The average molecular weight is 287 g/mol. The van der Waals surface area contributed by atoms with Crippen LogP contribution in [0, 0.1) is 42.4 Å². The first-order valence-corrected chi connectivity index (χ1v) is 7.84. The van der Waals surface area contributed by atoms with Crippen molar-refractivity contribution in [3.63, 3.8) is 0 Å². The van der Waals surface area contributed by atoms with E-state index in [4.69, 9.17) is 0 Å². The molecular formula is C14H13N3O2S. The van der Waals surface area contributed by atoms with E-state index in [-0.39, 0.29) is 35.5 Å². The Balaban J connectivity index is 1.60. The van der Waals surface area contributed by atoms with Gasteiger partial charge in [-0.3, -0.25) is 9.59 Å². The zero-order chi connectivity index (χ0) is 13.6. The molecule has 1 saturated heterocycles. The largest absolute Gasteiger partial charge is 0.274 e. The number of carbonyl (C=O) groups excluding carboxylic acids is 2. The van der Waals surface area contributed by atoms with Gasteiger partial charge in [-0.2, -0.15) is 0 Å². The maximum Gasteiger partial charge on any atom is 0.240 e. The maximum atomic E-state index is 12.7. The van der Waals surface area contributed by atoms with Crippen molar-refractivity contribution in [2.24, 2.45) is 35.5 Å². The van der Waals surface area contributed by atoms with E-state index in [9.17, 15) is 9.59 Å². The van der Waals surface area contributed by atoms with E-state index in [0.29, 0.717) is 17.0 Å². The van der Waals surface area contributed by atoms with Crippen LogP contribution < -0.4 is 4.90 Å². The van der Waals surface area contributed by atoms with Crippen LogP contribution >= 0.6 is 11.3 Å². The quantitative estimate of drug-likeness (QED) is 0.578. The second-order valence-electron chi connectivity index (χ2n) is 6.27. The molecule has 1 aromatic heterocycles. The van der Waals surface area contributed by atoms with Gasteiger partial charge in [0.2, 0.25) is 16.9 Å². The number of hydrogen-bond acceptors (Lipinski definition) is 5. The van der Waals surface area contributed by atoms with Crippen LogP contribution in [-0.4, -0.2) is 22.0 Å². The van der Waals surface area contributed by atoms with Crippen LogP contribution in [0.2, 0.25) is 0 Å². The average Bonchev–Trinajstić information content (AvgIpc) is 3.10. The van der Waals surface area contributed by atoms with Crippen molar-refractivity contribution in [2.45, 2.75) is 13.3 Å². The summed E-state index contributed by atoms with van der Waals surface area (Å²) < 4.78 is 0. The molecule has 2 bridgehead atoms. The Morgan fingerprint density at radius 1 is 1.10 bits per heavy atom. The van der Waals surface area contributed by atoms with Crippen molar-refractivity contribution in [1.82, 2.24) is 10.2 Å². The molecule has 0 spiro atoms. The van der Waals surface area contributed by atoms with Gasteiger partial charge in [-0.1, -0.05) is 23.5 Å². The molecule has 102 valence electrons. The molecule has 0 radical (unpaired) electrons. The zero-order valence-electron chi connectivity index (χ0n) is 10.9. The first kappa shape index (κ1) is 11.1. The summed E-state index contributed by atoms with van der Waals surface area (Å²) in [5.41, 5.74) is 0. The number of imide groups is 1. The molecule has 2 amide bonds. The summed E-state index contributed by atoms with van der Waals surface area (Å²) in [6.07, 6.45) is 5.55. The van der Waals surface area contributed by atoms with Crippen molar-refractivity contribution in [1.29, 1.82) is 0 Å². The molecule has 3 fully saturated rings. The number of nitrogens with zero attached hydrogens (tertiary/aromatic N) is 3. The summed E-state index contributed by atoms with van der Waals surface area (Å²) in [7, 11) is 0. The summed E-state index contributed by atoms with van der Waals surface area (Å²) in [4.78, 5) is 26.8. The second kappa shape index (κ2) is 3.36. The third kappa shape index (κ3) is 1.15. The molecule has 20 heavy (non-hydrogen) atoms. The highest BCUT2D eigenvalue weighted by atomic mass is 32.1. The Kier molecular flexibility index (Phi) is 1.87. The number of carbonyl (C=O) groups is 2. The van der Waals surface area contributed by atoms with E-state index in [1.54, 1.807) is 0 Å². The molecule has 1 aliphatic heterocycles. The molecule has 0 unspecified atom stereocenters. The SMILES string of the molecule is Cc1nnc(N2C(=O)[C@@H]3[C@@H]4C=C[C@H]([C@@H]5C[C@H]45)[C@@H]3C2=O)s1. The molecule has 5 nitrogen and oxygen atoms in total.